The molecule has 5 nitrogen and oxygen atoms in total. The number of hydrogen-bond acceptors (Lipinski definition) is 3. The Bertz CT molecular complexity index is 327. The zero-order chi connectivity index (χ0) is 17.0. The SMILES string of the molecule is CCNC(=NCCCOCC1CCOC1)NCCCC(C)(C)C.I. The maximum Gasteiger partial charge on any atom is 0.191 e. The van der Waals surface area contributed by atoms with Gasteiger partial charge in [0.25, 0.3) is 0 Å². The van der Waals surface area contributed by atoms with Crippen LogP contribution in [0.1, 0.15) is 53.4 Å². The summed E-state index contributed by atoms with van der Waals surface area (Å²) in [5.74, 6) is 1.52. The molecule has 1 atom stereocenters. The molecule has 24 heavy (non-hydrogen) atoms. The van der Waals surface area contributed by atoms with Crippen molar-refractivity contribution in [3.05, 3.63) is 0 Å². The molecule has 0 amide bonds. The minimum atomic E-state index is 0. The Morgan fingerprint density at radius 2 is 2.04 bits per heavy atom. The molecular formula is C18H38IN3O2. The molecule has 144 valence electrons. The maximum atomic E-state index is 5.71. The molecule has 1 rings (SSSR count). The number of ether oxygens (including phenoxy) is 2. The van der Waals surface area contributed by atoms with Crippen LogP contribution < -0.4 is 10.6 Å². The Hall–Kier alpha value is -0.0800. The van der Waals surface area contributed by atoms with Crippen LogP contribution in [0.2, 0.25) is 0 Å². The lowest BCUT2D eigenvalue weighted by atomic mass is 9.91. The van der Waals surface area contributed by atoms with E-state index >= 15 is 0 Å². The molecule has 1 heterocycles. The third-order valence-electron chi connectivity index (χ3n) is 3.83. The average molecular weight is 455 g/mol. The van der Waals surface area contributed by atoms with Crippen molar-refractivity contribution in [2.24, 2.45) is 16.3 Å². The van der Waals surface area contributed by atoms with Crippen LogP contribution in [-0.4, -0.2) is 52.0 Å². The molecule has 1 unspecified atom stereocenters. The minimum absolute atomic E-state index is 0. The van der Waals surface area contributed by atoms with Crippen LogP contribution in [0.15, 0.2) is 4.99 Å². The molecule has 1 aliphatic rings. The summed E-state index contributed by atoms with van der Waals surface area (Å²) in [6.07, 6.45) is 4.49. The normalized spacial score (nSPS) is 18.3. The molecule has 0 aromatic rings. The van der Waals surface area contributed by atoms with E-state index in [-0.39, 0.29) is 24.0 Å². The number of nitrogens with zero attached hydrogens (tertiary/aromatic N) is 1. The van der Waals surface area contributed by atoms with Gasteiger partial charge in [-0.3, -0.25) is 4.99 Å². The topological polar surface area (TPSA) is 54.9 Å². The number of hydrogen-bond donors (Lipinski definition) is 2. The van der Waals surface area contributed by atoms with Gasteiger partial charge in [-0.1, -0.05) is 20.8 Å². The molecule has 0 aromatic heterocycles. The number of aliphatic imine (C=N–C) groups is 1. The van der Waals surface area contributed by atoms with Crippen LogP contribution in [0.25, 0.3) is 0 Å². The fourth-order valence-electron chi connectivity index (χ4n) is 2.49. The Morgan fingerprint density at radius 3 is 2.67 bits per heavy atom. The van der Waals surface area contributed by atoms with Gasteiger partial charge in [0.1, 0.15) is 0 Å². The van der Waals surface area contributed by atoms with Crippen LogP contribution in [0, 0.1) is 11.3 Å². The number of nitrogens with one attached hydrogen (secondary N) is 2. The van der Waals surface area contributed by atoms with Crippen LogP contribution in [0.3, 0.4) is 0 Å². The van der Waals surface area contributed by atoms with E-state index in [0.717, 1.165) is 64.9 Å². The summed E-state index contributed by atoms with van der Waals surface area (Å²) in [5.41, 5.74) is 0.402. The van der Waals surface area contributed by atoms with Crippen molar-refractivity contribution in [1.82, 2.24) is 10.6 Å². The zero-order valence-electron chi connectivity index (χ0n) is 16.0. The van der Waals surface area contributed by atoms with Gasteiger partial charge in [0.05, 0.1) is 13.2 Å². The van der Waals surface area contributed by atoms with Crippen LogP contribution in [-0.2, 0) is 9.47 Å². The van der Waals surface area contributed by atoms with Crippen LogP contribution >= 0.6 is 24.0 Å². The third-order valence-corrected chi connectivity index (χ3v) is 3.83. The van der Waals surface area contributed by atoms with E-state index in [1.165, 1.54) is 12.8 Å². The molecule has 0 bridgehead atoms. The summed E-state index contributed by atoms with van der Waals surface area (Å²) in [7, 11) is 0. The lowest BCUT2D eigenvalue weighted by Crippen LogP contribution is -2.38. The summed E-state index contributed by atoms with van der Waals surface area (Å²) in [4.78, 5) is 4.61. The molecule has 1 aliphatic heterocycles. The number of rotatable bonds is 10. The van der Waals surface area contributed by atoms with Gasteiger partial charge in [0.15, 0.2) is 5.96 Å². The molecule has 0 spiro atoms. The second kappa shape index (κ2) is 14.1. The second-order valence-electron chi connectivity index (χ2n) is 7.51. The van der Waals surface area contributed by atoms with Crippen molar-refractivity contribution in [2.75, 3.05) is 46.1 Å². The van der Waals surface area contributed by atoms with Gasteiger partial charge in [0, 0.05) is 38.8 Å². The van der Waals surface area contributed by atoms with E-state index in [1.54, 1.807) is 0 Å². The maximum absolute atomic E-state index is 5.71. The summed E-state index contributed by atoms with van der Waals surface area (Å²) < 4.78 is 11.0. The molecule has 0 radical (unpaired) electrons. The first-order valence-electron chi connectivity index (χ1n) is 9.19. The predicted octanol–water partition coefficient (Wildman–Crippen LogP) is 3.43. The predicted molar refractivity (Wildman–Crippen MR) is 112 cm³/mol. The van der Waals surface area contributed by atoms with E-state index in [1.807, 2.05) is 0 Å². The molecule has 2 N–H and O–H groups in total. The lowest BCUT2D eigenvalue weighted by Gasteiger charge is -2.18. The standard InChI is InChI=1S/C18H37N3O2.HI/c1-5-19-17(20-10-6-9-18(2,3)4)21-11-7-12-22-14-16-8-13-23-15-16;/h16H,5-15H2,1-4H3,(H2,19,20,21);1H. The quantitative estimate of drug-likeness (QED) is 0.229. The van der Waals surface area contributed by atoms with Gasteiger partial charge in [-0.25, -0.2) is 0 Å². The van der Waals surface area contributed by atoms with Crippen LogP contribution in [0.4, 0.5) is 0 Å². The van der Waals surface area contributed by atoms with Gasteiger partial charge in [0.2, 0.25) is 0 Å². The highest BCUT2D eigenvalue weighted by Crippen LogP contribution is 2.19. The molecule has 1 fully saturated rings. The zero-order valence-corrected chi connectivity index (χ0v) is 18.4. The van der Waals surface area contributed by atoms with Crippen molar-refractivity contribution >= 4 is 29.9 Å². The number of halogens is 1. The fourth-order valence-corrected chi connectivity index (χ4v) is 2.49. The average Bonchev–Trinajstić information content (AvgIpc) is 2.99. The Morgan fingerprint density at radius 1 is 1.25 bits per heavy atom. The van der Waals surface area contributed by atoms with Gasteiger partial charge < -0.3 is 20.1 Å². The van der Waals surface area contributed by atoms with Crippen molar-refractivity contribution in [3.63, 3.8) is 0 Å². The summed E-state index contributed by atoms with van der Waals surface area (Å²) >= 11 is 0. The summed E-state index contributed by atoms with van der Waals surface area (Å²) in [5, 5.41) is 6.71. The summed E-state index contributed by atoms with van der Waals surface area (Å²) in [6.45, 7) is 15.0. The summed E-state index contributed by atoms with van der Waals surface area (Å²) in [6, 6.07) is 0. The number of guanidine groups is 1. The molecular weight excluding hydrogens is 417 g/mol. The Kier molecular flexibility index (Phi) is 14.1. The van der Waals surface area contributed by atoms with Gasteiger partial charge >= 0.3 is 0 Å². The van der Waals surface area contributed by atoms with E-state index in [0.29, 0.717) is 11.3 Å². The molecule has 0 aromatic carbocycles. The van der Waals surface area contributed by atoms with Gasteiger partial charge in [-0.05, 0) is 38.0 Å². The molecule has 0 aliphatic carbocycles. The Balaban J connectivity index is 0.00000529. The smallest absolute Gasteiger partial charge is 0.191 e. The monoisotopic (exact) mass is 455 g/mol. The van der Waals surface area contributed by atoms with Gasteiger partial charge in [-0.15, -0.1) is 24.0 Å². The highest BCUT2D eigenvalue weighted by atomic mass is 127. The first-order chi connectivity index (χ1) is 11.0. The van der Waals surface area contributed by atoms with Crippen LogP contribution in [0.5, 0.6) is 0 Å². The Labute approximate surface area is 165 Å². The van der Waals surface area contributed by atoms with Gasteiger partial charge in [-0.2, -0.15) is 0 Å². The van der Waals surface area contributed by atoms with Crippen molar-refractivity contribution in [2.45, 2.75) is 53.4 Å². The molecule has 0 saturated carbocycles. The highest BCUT2D eigenvalue weighted by Gasteiger charge is 2.15. The minimum Gasteiger partial charge on any atom is -0.381 e. The fraction of sp³-hybridized carbons (Fsp3) is 0.944. The van der Waals surface area contributed by atoms with Crippen molar-refractivity contribution < 1.29 is 9.47 Å². The largest absolute Gasteiger partial charge is 0.381 e. The molecule has 1 saturated heterocycles. The van der Waals surface area contributed by atoms with E-state index in [9.17, 15) is 0 Å². The second-order valence-corrected chi connectivity index (χ2v) is 7.51. The van der Waals surface area contributed by atoms with Crippen molar-refractivity contribution in [1.29, 1.82) is 0 Å². The third kappa shape index (κ3) is 13.2. The lowest BCUT2D eigenvalue weighted by molar-refractivity contribution is 0.0893. The first-order valence-corrected chi connectivity index (χ1v) is 9.19. The van der Waals surface area contributed by atoms with E-state index in [2.05, 4.69) is 43.3 Å². The highest BCUT2D eigenvalue weighted by molar-refractivity contribution is 14.0. The van der Waals surface area contributed by atoms with Crippen molar-refractivity contribution in [3.8, 4) is 0 Å². The molecule has 6 heteroatoms. The first kappa shape index (κ1) is 23.9. The van der Waals surface area contributed by atoms with E-state index < -0.39 is 0 Å². The van der Waals surface area contributed by atoms with E-state index in [4.69, 9.17) is 9.47 Å².